The van der Waals surface area contributed by atoms with E-state index in [9.17, 15) is 4.79 Å². The molecule has 1 fully saturated rings. The summed E-state index contributed by atoms with van der Waals surface area (Å²) in [5.74, 6) is -0.250. The second-order valence-corrected chi connectivity index (χ2v) is 4.32. The molecule has 0 heterocycles. The van der Waals surface area contributed by atoms with Crippen molar-refractivity contribution in [3.05, 3.63) is 0 Å². The Kier molecular flexibility index (Phi) is 5.05. The molecule has 0 bridgehead atoms. The number of hydrogen-bond acceptors (Lipinski definition) is 3. The maximum absolute atomic E-state index is 11.1. The van der Waals surface area contributed by atoms with Crippen molar-refractivity contribution in [2.75, 3.05) is 20.1 Å². The molecule has 0 aromatic rings. The number of carbonyl (C=O) groups is 1. The number of likely N-dealkylation sites (N-methyl/N-ethyl adjacent to an activating group) is 1. The summed E-state index contributed by atoms with van der Waals surface area (Å²) in [5.41, 5.74) is 5.32. The lowest BCUT2D eigenvalue weighted by Gasteiger charge is -2.25. The summed E-state index contributed by atoms with van der Waals surface area (Å²) < 4.78 is 0. The first kappa shape index (κ1) is 12.5. The van der Waals surface area contributed by atoms with Gasteiger partial charge in [0.1, 0.15) is 0 Å². The largest absolute Gasteiger partial charge is 0.368 e. The molecule has 4 nitrogen and oxygen atoms in total. The van der Waals surface area contributed by atoms with E-state index in [1.807, 2.05) is 0 Å². The van der Waals surface area contributed by atoms with E-state index in [0.717, 1.165) is 13.1 Å². The van der Waals surface area contributed by atoms with Crippen molar-refractivity contribution in [2.24, 2.45) is 5.73 Å². The molecule has 1 amide bonds. The van der Waals surface area contributed by atoms with Crippen LogP contribution in [0, 0.1) is 0 Å². The highest BCUT2D eigenvalue weighted by Gasteiger charge is 2.30. The molecule has 3 N–H and O–H groups in total. The predicted molar refractivity (Wildman–Crippen MR) is 61.5 cm³/mol. The highest BCUT2D eigenvalue weighted by atomic mass is 16.1. The molecular formula is C11H23N3O. The van der Waals surface area contributed by atoms with Gasteiger partial charge < -0.3 is 11.1 Å². The van der Waals surface area contributed by atoms with E-state index in [-0.39, 0.29) is 11.9 Å². The first-order valence-electron chi connectivity index (χ1n) is 5.89. The fourth-order valence-electron chi connectivity index (χ4n) is 1.78. The molecule has 0 radical (unpaired) electrons. The van der Waals surface area contributed by atoms with Gasteiger partial charge in [-0.05, 0) is 32.9 Å². The van der Waals surface area contributed by atoms with Gasteiger partial charge in [-0.25, -0.2) is 0 Å². The minimum absolute atomic E-state index is 0.206. The van der Waals surface area contributed by atoms with Gasteiger partial charge in [-0.2, -0.15) is 0 Å². The highest BCUT2D eigenvalue weighted by molar-refractivity contribution is 5.80. The van der Waals surface area contributed by atoms with Gasteiger partial charge in [-0.1, -0.05) is 13.3 Å². The lowest BCUT2D eigenvalue weighted by Crippen LogP contribution is -2.48. The van der Waals surface area contributed by atoms with Crippen LogP contribution in [0.2, 0.25) is 0 Å². The number of primary amides is 1. The van der Waals surface area contributed by atoms with Crippen molar-refractivity contribution in [1.82, 2.24) is 10.2 Å². The lowest BCUT2D eigenvalue weighted by molar-refractivity contribution is -0.120. The van der Waals surface area contributed by atoms with E-state index in [2.05, 4.69) is 17.1 Å². The summed E-state index contributed by atoms with van der Waals surface area (Å²) in [7, 11) is 1.79. The van der Waals surface area contributed by atoms with Crippen LogP contribution in [0.4, 0.5) is 0 Å². The molecule has 0 aromatic carbocycles. The smallest absolute Gasteiger partial charge is 0.235 e. The molecule has 0 aromatic heterocycles. The van der Waals surface area contributed by atoms with Crippen molar-refractivity contribution in [2.45, 2.75) is 44.7 Å². The minimum atomic E-state index is -0.250. The number of hydrogen-bond donors (Lipinski definition) is 2. The quantitative estimate of drug-likeness (QED) is 0.610. The van der Waals surface area contributed by atoms with E-state index >= 15 is 0 Å². The van der Waals surface area contributed by atoms with Crippen LogP contribution in [-0.2, 0) is 4.79 Å². The van der Waals surface area contributed by atoms with Gasteiger partial charge in [0.15, 0.2) is 0 Å². The molecule has 1 saturated carbocycles. The Morgan fingerprint density at radius 3 is 2.67 bits per heavy atom. The van der Waals surface area contributed by atoms with Crippen LogP contribution in [0.3, 0.4) is 0 Å². The molecule has 88 valence electrons. The number of unbranched alkanes of at least 4 members (excludes halogenated alkanes) is 1. The molecule has 0 saturated heterocycles. The number of rotatable bonds is 8. The van der Waals surface area contributed by atoms with Crippen LogP contribution < -0.4 is 11.1 Å². The van der Waals surface area contributed by atoms with Crippen molar-refractivity contribution >= 4 is 5.91 Å². The van der Waals surface area contributed by atoms with Gasteiger partial charge in [0, 0.05) is 12.6 Å². The van der Waals surface area contributed by atoms with Crippen LogP contribution in [0.25, 0.3) is 0 Å². The normalized spacial score (nSPS) is 18.1. The Labute approximate surface area is 92.2 Å². The van der Waals surface area contributed by atoms with Crippen LogP contribution >= 0.6 is 0 Å². The summed E-state index contributed by atoms with van der Waals surface area (Å²) >= 11 is 0. The summed E-state index contributed by atoms with van der Waals surface area (Å²) in [4.78, 5) is 13.5. The van der Waals surface area contributed by atoms with E-state index in [4.69, 9.17) is 5.73 Å². The van der Waals surface area contributed by atoms with Gasteiger partial charge in [0.25, 0.3) is 0 Å². The summed E-state index contributed by atoms with van der Waals surface area (Å²) in [6.07, 6.45) is 4.95. The molecule has 0 spiro atoms. The van der Waals surface area contributed by atoms with Gasteiger partial charge in [-0.15, -0.1) is 0 Å². The Bertz CT molecular complexity index is 204. The predicted octanol–water partition coefficient (Wildman–Crippen LogP) is 0.324. The molecule has 15 heavy (non-hydrogen) atoms. The zero-order chi connectivity index (χ0) is 11.3. The van der Waals surface area contributed by atoms with Crippen molar-refractivity contribution < 1.29 is 4.79 Å². The van der Waals surface area contributed by atoms with E-state index in [0.29, 0.717) is 6.04 Å². The Morgan fingerprint density at radius 2 is 2.27 bits per heavy atom. The van der Waals surface area contributed by atoms with Gasteiger partial charge >= 0.3 is 0 Å². The van der Waals surface area contributed by atoms with Crippen LogP contribution in [-0.4, -0.2) is 43.0 Å². The van der Waals surface area contributed by atoms with E-state index in [1.165, 1.54) is 25.7 Å². The number of nitrogens with two attached hydrogens (primary N) is 1. The second-order valence-electron chi connectivity index (χ2n) is 4.32. The first-order valence-corrected chi connectivity index (χ1v) is 5.89. The molecule has 1 aliphatic rings. The highest BCUT2D eigenvalue weighted by Crippen LogP contribution is 2.27. The van der Waals surface area contributed by atoms with E-state index < -0.39 is 0 Å². The van der Waals surface area contributed by atoms with Crippen molar-refractivity contribution in [3.8, 4) is 0 Å². The topological polar surface area (TPSA) is 58.4 Å². The summed E-state index contributed by atoms with van der Waals surface area (Å²) in [6.45, 7) is 4.04. The van der Waals surface area contributed by atoms with Gasteiger partial charge in [0.2, 0.25) is 5.91 Å². The molecule has 4 heteroatoms. The molecule has 1 aliphatic carbocycles. The molecule has 1 unspecified atom stereocenters. The number of nitrogens with one attached hydrogen (secondary N) is 1. The monoisotopic (exact) mass is 213 g/mol. The number of amides is 1. The minimum Gasteiger partial charge on any atom is -0.368 e. The average molecular weight is 213 g/mol. The molecule has 0 aliphatic heterocycles. The van der Waals surface area contributed by atoms with Crippen molar-refractivity contribution in [3.63, 3.8) is 0 Å². The van der Waals surface area contributed by atoms with Gasteiger partial charge in [0.05, 0.1) is 6.04 Å². The first-order chi connectivity index (χ1) is 7.19. The van der Waals surface area contributed by atoms with E-state index in [1.54, 1.807) is 7.05 Å². The Hall–Kier alpha value is -0.610. The SMILES string of the molecule is CCCCN(CC(NC)C(N)=O)C1CC1. The maximum Gasteiger partial charge on any atom is 0.235 e. The third kappa shape index (κ3) is 4.18. The van der Waals surface area contributed by atoms with Crippen molar-refractivity contribution in [1.29, 1.82) is 0 Å². The molecule has 1 rings (SSSR count). The van der Waals surface area contributed by atoms with Crippen LogP contribution in [0.1, 0.15) is 32.6 Å². The standard InChI is InChI=1S/C11H23N3O/c1-3-4-7-14(9-5-6-9)8-10(13-2)11(12)15/h9-10,13H,3-8H2,1-2H3,(H2,12,15). The summed E-state index contributed by atoms with van der Waals surface area (Å²) in [6, 6.07) is 0.495. The Balaban J connectivity index is 2.38. The fourth-order valence-corrected chi connectivity index (χ4v) is 1.78. The third-order valence-corrected chi connectivity index (χ3v) is 2.97. The maximum atomic E-state index is 11.1. The molecule has 1 atom stereocenters. The van der Waals surface area contributed by atoms with Crippen LogP contribution in [0.15, 0.2) is 0 Å². The Morgan fingerprint density at radius 1 is 1.60 bits per heavy atom. The van der Waals surface area contributed by atoms with Crippen LogP contribution in [0.5, 0.6) is 0 Å². The zero-order valence-corrected chi connectivity index (χ0v) is 9.83. The number of nitrogens with zero attached hydrogens (tertiary/aromatic N) is 1. The lowest BCUT2D eigenvalue weighted by atomic mass is 10.2. The summed E-state index contributed by atoms with van der Waals surface area (Å²) in [5, 5.41) is 2.97. The fraction of sp³-hybridized carbons (Fsp3) is 0.909. The second kappa shape index (κ2) is 6.08. The zero-order valence-electron chi connectivity index (χ0n) is 9.83. The average Bonchev–Trinajstić information content (AvgIpc) is 3.01. The number of carbonyl (C=O) groups excluding carboxylic acids is 1. The third-order valence-electron chi connectivity index (χ3n) is 2.97. The molecular weight excluding hydrogens is 190 g/mol. The van der Waals surface area contributed by atoms with Gasteiger partial charge in [-0.3, -0.25) is 9.69 Å².